The summed E-state index contributed by atoms with van der Waals surface area (Å²) in [5.74, 6) is 0. The van der Waals surface area contributed by atoms with Crippen LogP contribution in [0.4, 0.5) is 0 Å². The minimum atomic E-state index is -3.75. The molecule has 0 saturated carbocycles. The van der Waals surface area contributed by atoms with Gasteiger partial charge in [-0.25, -0.2) is 0 Å². The van der Waals surface area contributed by atoms with Crippen molar-refractivity contribution in [3.05, 3.63) is 42.5 Å². The molecule has 0 unspecified atom stereocenters. The summed E-state index contributed by atoms with van der Waals surface area (Å²) in [7, 11) is -3.75. The highest BCUT2D eigenvalue weighted by Gasteiger charge is 2.23. The molecule has 2 rings (SSSR count). The smallest absolute Gasteiger partial charge is 0.297 e. The molecule has 0 bridgehead atoms. The van der Waals surface area contributed by atoms with Gasteiger partial charge in [0.2, 0.25) is 0 Å². The van der Waals surface area contributed by atoms with Gasteiger partial charge in [-0.2, -0.15) is 8.42 Å². The molecule has 0 N–H and O–H groups in total. The van der Waals surface area contributed by atoms with Crippen LogP contribution in [0.25, 0.3) is 0 Å². The topological polar surface area (TPSA) is 61.8 Å². The molecule has 6 heteroatoms. The third kappa shape index (κ3) is 3.89. The van der Waals surface area contributed by atoms with Crippen LogP contribution < -0.4 is 0 Å². The highest BCUT2D eigenvalue weighted by Crippen LogP contribution is 2.15. The average molecular weight is 298 g/mol. The molecule has 1 aromatic carbocycles. The molecular weight excluding hydrogens is 280 g/mol. The molecule has 1 aliphatic rings. The number of aryl methyl sites for hydroxylation is 1. The Hall–Kier alpha value is -1.21. The predicted molar refractivity (Wildman–Crippen MR) is 74.0 cm³/mol. The highest BCUT2D eigenvalue weighted by molar-refractivity contribution is 7.86. The number of ether oxygens (including phenoxy) is 2. The zero-order valence-corrected chi connectivity index (χ0v) is 12.1. The summed E-state index contributed by atoms with van der Waals surface area (Å²) in [6.45, 7) is 6.10. The molecule has 1 aromatic rings. The molecule has 0 spiro atoms. The molecule has 1 heterocycles. The number of benzene rings is 1. The van der Waals surface area contributed by atoms with E-state index < -0.39 is 10.1 Å². The Labute approximate surface area is 119 Å². The van der Waals surface area contributed by atoms with Gasteiger partial charge in [0.15, 0.2) is 0 Å². The summed E-state index contributed by atoms with van der Waals surface area (Å²) in [5.41, 5.74) is 0.989. The first-order valence-electron chi connectivity index (χ1n) is 6.33. The lowest BCUT2D eigenvalue weighted by Gasteiger charge is -2.27. The Balaban J connectivity index is 1.90. The Morgan fingerprint density at radius 2 is 2.00 bits per heavy atom. The first-order valence-corrected chi connectivity index (χ1v) is 7.74. The maximum absolute atomic E-state index is 12.0. The molecule has 1 saturated heterocycles. The second-order valence-corrected chi connectivity index (χ2v) is 6.23. The maximum atomic E-state index is 12.0. The van der Waals surface area contributed by atoms with Crippen LogP contribution in [0.2, 0.25) is 0 Å². The normalized spacial score (nSPS) is 23.4. The number of hydrogen-bond acceptors (Lipinski definition) is 5. The Kier molecular flexibility index (Phi) is 4.93. The summed E-state index contributed by atoms with van der Waals surface area (Å²) in [4.78, 5) is 0.142. The summed E-state index contributed by atoms with van der Waals surface area (Å²) in [5, 5.41) is 0. The van der Waals surface area contributed by atoms with Gasteiger partial charge in [0, 0.05) is 0 Å². The van der Waals surface area contributed by atoms with Crippen LogP contribution in [-0.4, -0.2) is 40.4 Å². The third-order valence-corrected chi connectivity index (χ3v) is 4.27. The number of rotatable bonds is 5. The van der Waals surface area contributed by atoms with Crippen molar-refractivity contribution in [3.8, 4) is 0 Å². The van der Waals surface area contributed by atoms with E-state index in [0.717, 1.165) is 5.56 Å². The van der Waals surface area contributed by atoms with Gasteiger partial charge >= 0.3 is 0 Å². The summed E-state index contributed by atoms with van der Waals surface area (Å²) < 4.78 is 39.8. The predicted octanol–water partition coefficient (Wildman–Crippen LogP) is 1.67. The Bertz CT molecular complexity index is 541. The van der Waals surface area contributed by atoms with E-state index >= 15 is 0 Å². The molecule has 0 radical (unpaired) electrons. The lowest BCUT2D eigenvalue weighted by atomic mass is 10.2. The van der Waals surface area contributed by atoms with Crippen molar-refractivity contribution in [2.24, 2.45) is 0 Å². The molecule has 1 fully saturated rings. The van der Waals surface area contributed by atoms with Gasteiger partial charge in [-0.05, 0) is 19.1 Å². The van der Waals surface area contributed by atoms with Gasteiger partial charge < -0.3 is 9.47 Å². The quantitative estimate of drug-likeness (QED) is 0.611. The van der Waals surface area contributed by atoms with Crippen molar-refractivity contribution in [2.45, 2.75) is 24.0 Å². The fourth-order valence-corrected chi connectivity index (χ4v) is 2.67. The van der Waals surface area contributed by atoms with E-state index in [9.17, 15) is 8.42 Å². The highest BCUT2D eigenvalue weighted by atomic mass is 32.2. The van der Waals surface area contributed by atoms with Crippen LogP contribution in [0.3, 0.4) is 0 Å². The van der Waals surface area contributed by atoms with Crippen molar-refractivity contribution in [1.29, 1.82) is 0 Å². The molecule has 110 valence electrons. The lowest BCUT2D eigenvalue weighted by molar-refractivity contribution is -0.126. The zero-order chi connectivity index (χ0) is 14.6. The minimum absolute atomic E-state index is 0.0555. The van der Waals surface area contributed by atoms with E-state index in [0.29, 0.717) is 13.2 Å². The van der Waals surface area contributed by atoms with Gasteiger partial charge in [0.05, 0.1) is 30.8 Å². The van der Waals surface area contributed by atoms with E-state index in [1.54, 1.807) is 18.2 Å². The van der Waals surface area contributed by atoms with Crippen LogP contribution >= 0.6 is 0 Å². The zero-order valence-electron chi connectivity index (χ0n) is 11.3. The van der Waals surface area contributed by atoms with Gasteiger partial charge in [-0.15, -0.1) is 6.58 Å². The van der Waals surface area contributed by atoms with Crippen molar-refractivity contribution in [2.75, 3.05) is 19.8 Å². The van der Waals surface area contributed by atoms with E-state index in [1.807, 2.05) is 6.92 Å². The molecule has 0 amide bonds. The van der Waals surface area contributed by atoms with Gasteiger partial charge in [-0.3, -0.25) is 4.18 Å². The second-order valence-electron chi connectivity index (χ2n) is 4.61. The van der Waals surface area contributed by atoms with E-state index in [4.69, 9.17) is 13.7 Å². The van der Waals surface area contributed by atoms with Crippen LogP contribution in [0.15, 0.2) is 41.8 Å². The SMILES string of the molecule is C=C[C@@H]1CO[C@H](COS(=O)(=O)c2ccc(C)cc2)CO1. The largest absolute Gasteiger partial charge is 0.370 e. The first-order chi connectivity index (χ1) is 9.51. The fourth-order valence-electron chi connectivity index (χ4n) is 1.73. The van der Waals surface area contributed by atoms with Crippen molar-refractivity contribution >= 4 is 10.1 Å². The van der Waals surface area contributed by atoms with Crippen molar-refractivity contribution in [3.63, 3.8) is 0 Å². The molecule has 0 aliphatic carbocycles. The number of hydrogen-bond donors (Lipinski definition) is 0. The van der Waals surface area contributed by atoms with Crippen molar-refractivity contribution in [1.82, 2.24) is 0 Å². The van der Waals surface area contributed by atoms with Crippen LogP contribution in [0.1, 0.15) is 5.56 Å². The molecule has 20 heavy (non-hydrogen) atoms. The standard InChI is InChI=1S/C14H18O5S/c1-3-12-8-18-13(9-17-12)10-19-20(15,16)14-6-4-11(2)5-7-14/h3-7,12-13H,1,8-10H2,2H3/t12-,13+/m1/s1. The molecule has 2 atom stereocenters. The van der Waals surface area contributed by atoms with Crippen LogP contribution in [0.5, 0.6) is 0 Å². The van der Waals surface area contributed by atoms with Crippen molar-refractivity contribution < 1.29 is 22.1 Å². The first kappa shape index (κ1) is 15.2. The van der Waals surface area contributed by atoms with Gasteiger partial charge in [0.1, 0.15) is 6.10 Å². The monoisotopic (exact) mass is 298 g/mol. The van der Waals surface area contributed by atoms with E-state index in [2.05, 4.69) is 6.58 Å². The van der Waals surface area contributed by atoms with Gasteiger partial charge in [-0.1, -0.05) is 23.8 Å². The summed E-state index contributed by atoms with van der Waals surface area (Å²) >= 11 is 0. The maximum Gasteiger partial charge on any atom is 0.297 e. The molecule has 1 aliphatic heterocycles. The lowest BCUT2D eigenvalue weighted by Crippen LogP contribution is -2.37. The molecule has 5 nitrogen and oxygen atoms in total. The minimum Gasteiger partial charge on any atom is -0.370 e. The Morgan fingerprint density at radius 1 is 1.30 bits per heavy atom. The van der Waals surface area contributed by atoms with Gasteiger partial charge in [0.25, 0.3) is 10.1 Å². The Morgan fingerprint density at radius 3 is 2.55 bits per heavy atom. The summed E-state index contributed by atoms with van der Waals surface area (Å²) in [6.07, 6.45) is 1.13. The summed E-state index contributed by atoms with van der Waals surface area (Å²) in [6, 6.07) is 6.50. The molecular formula is C14H18O5S. The van der Waals surface area contributed by atoms with E-state index in [-0.39, 0.29) is 23.7 Å². The molecule has 0 aromatic heterocycles. The third-order valence-electron chi connectivity index (χ3n) is 2.97. The fraction of sp³-hybridized carbons (Fsp3) is 0.429. The van der Waals surface area contributed by atoms with Crippen LogP contribution in [-0.2, 0) is 23.8 Å². The average Bonchev–Trinajstić information content (AvgIpc) is 2.46. The van der Waals surface area contributed by atoms with E-state index in [1.165, 1.54) is 12.1 Å². The van der Waals surface area contributed by atoms with Crippen LogP contribution in [0, 0.1) is 6.92 Å². The second kappa shape index (κ2) is 6.49.